The fourth-order valence-corrected chi connectivity index (χ4v) is 3.64. The molecule has 2 aromatic heterocycles. The number of anilines is 1. The van der Waals surface area contributed by atoms with Crippen molar-refractivity contribution in [2.45, 2.75) is 63.7 Å². The summed E-state index contributed by atoms with van der Waals surface area (Å²) in [5, 5.41) is 12.7. The van der Waals surface area contributed by atoms with Gasteiger partial charge < -0.3 is 15.4 Å². The molecule has 0 fully saturated rings. The molecule has 3 rings (SSSR count). The summed E-state index contributed by atoms with van der Waals surface area (Å²) in [4.78, 5) is 21.8. The van der Waals surface area contributed by atoms with Crippen LogP contribution >= 0.6 is 11.8 Å². The van der Waals surface area contributed by atoms with Crippen molar-refractivity contribution in [3.05, 3.63) is 36.5 Å². The molecule has 0 aliphatic carbocycles. The Labute approximate surface area is 187 Å². The quantitative estimate of drug-likeness (QED) is 0.365. The smallest absolute Gasteiger partial charge is 0.260 e. The molecule has 0 bridgehead atoms. The Hall–Kier alpha value is -2.81. The van der Waals surface area contributed by atoms with E-state index >= 15 is 0 Å². The van der Waals surface area contributed by atoms with E-state index in [9.17, 15) is 4.79 Å². The third-order valence-electron chi connectivity index (χ3n) is 4.29. The van der Waals surface area contributed by atoms with Crippen LogP contribution in [0.15, 0.2) is 41.7 Å². The lowest BCUT2D eigenvalue weighted by atomic mass is 10.3. The number of fused-ring (bicyclic) bond motifs is 1. The van der Waals surface area contributed by atoms with Crippen molar-refractivity contribution in [2.24, 2.45) is 0 Å². The molecule has 1 aromatic carbocycles. The number of carbonyl (C=O) groups excluding carboxylic acids is 1. The van der Waals surface area contributed by atoms with Gasteiger partial charge in [-0.25, -0.2) is 14.6 Å². The van der Waals surface area contributed by atoms with Gasteiger partial charge >= 0.3 is 0 Å². The third-order valence-corrected chi connectivity index (χ3v) is 5.16. The number of aromatic nitrogens is 4. The van der Waals surface area contributed by atoms with Crippen molar-refractivity contribution in [1.29, 1.82) is 0 Å². The molecule has 1 atom stereocenters. The van der Waals surface area contributed by atoms with Gasteiger partial charge in [-0.05, 0) is 32.9 Å². The minimum atomic E-state index is -0.588. The zero-order valence-corrected chi connectivity index (χ0v) is 19.4. The Morgan fingerprint density at radius 2 is 1.87 bits per heavy atom. The number of nitrogens with one attached hydrogen (secondary N) is 2. The van der Waals surface area contributed by atoms with E-state index in [1.54, 1.807) is 29.6 Å². The molecule has 1 amide bonds. The standard InChI is InChI=1S/C22H30N6O2S/c1-14(2)25-19-18-13-24-28(20(18)27-22(26-19)31-15(3)4)12-11-23-21(29)16(5)30-17-9-7-6-8-10-17/h6-10,13-16H,11-12H2,1-5H3,(H,23,29)(H,25,26,27). The minimum Gasteiger partial charge on any atom is -0.481 e. The molecular weight excluding hydrogens is 412 g/mol. The first-order valence-corrected chi connectivity index (χ1v) is 11.4. The normalized spacial score (nSPS) is 12.4. The van der Waals surface area contributed by atoms with Crippen molar-refractivity contribution in [2.75, 3.05) is 11.9 Å². The lowest BCUT2D eigenvalue weighted by Crippen LogP contribution is -2.38. The maximum Gasteiger partial charge on any atom is 0.260 e. The number of ether oxygens (including phenoxy) is 1. The van der Waals surface area contributed by atoms with E-state index < -0.39 is 6.10 Å². The SMILES string of the molecule is CC(C)Nc1nc(SC(C)C)nc2c1cnn2CCNC(=O)C(C)Oc1ccccc1. The topological polar surface area (TPSA) is 94.0 Å². The van der Waals surface area contributed by atoms with Crippen molar-refractivity contribution in [3.8, 4) is 5.75 Å². The molecule has 166 valence electrons. The zero-order valence-electron chi connectivity index (χ0n) is 18.6. The number of benzene rings is 1. The van der Waals surface area contributed by atoms with E-state index in [2.05, 4.69) is 48.4 Å². The Balaban J connectivity index is 1.67. The number of hydrogen-bond donors (Lipinski definition) is 2. The second-order valence-electron chi connectivity index (χ2n) is 7.79. The zero-order chi connectivity index (χ0) is 22.4. The van der Waals surface area contributed by atoms with Crippen LogP contribution in [0.2, 0.25) is 0 Å². The van der Waals surface area contributed by atoms with Crippen LogP contribution in [0.4, 0.5) is 5.82 Å². The molecule has 31 heavy (non-hydrogen) atoms. The second kappa shape index (κ2) is 10.5. The maximum absolute atomic E-state index is 12.4. The fraction of sp³-hybridized carbons (Fsp3) is 0.455. The lowest BCUT2D eigenvalue weighted by Gasteiger charge is -2.15. The fourth-order valence-electron chi connectivity index (χ4n) is 2.93. The second-order valence-corrected chi connectivity index (χ2v) is 9.33. The van der Waals surface area contributed by atoms with Crippen molar-refractivity contribution >= 4 is 34.5 Å². The first-order valence-electron chi connectivity index (χ1n) is 10.5. The molecule has 1 unspecified atom stereocenters. The molecule has 8 nitrogen and oxygen atoms in total. The van der Waals surface area contributed by atoms with Gasteiger partial charge in [0.2, 0.25) is 0 Å². The van der Waals surface area contributed by atoms with Crippen LogP contribution in [0, 0.1) is 0 Å². The Morgan fingerprint density at radius 3 is 2.55 bits per heavy atom. The van der Waals surface area contributed by atoms with E-state index in [0.717, 1.165) is 16.9 Å². The lowest BCUT2D eigenvalue weighted by molar-refractivity contribution is -0.127. The van der Waals surface area contributed by atoms with Gasteiger partial charge in [0.15, 0.2) is 16.9 Å². The van der Waals surface area contributed by atoms with E-state index in [1.807, 2.05) is 30.3 Å². The van der Waals surface area contributed by atoms with Crippen LogP contribution in [0.25, 0.3) is 11.0 Å². The van der Waals surface area contributed by atoms with Crippen LogP contribution in [-0.4, -0.2) is 49.6 Å². The van der Waals surface area contributed by atoms with E-state index in [-0.39, 0.29) is 11.9 Å². The average Bonchev–Trinajstić information content (AvgIpc) is 3.11. The van der Waals surface area contributed by atoms with Crippen LogP contribution in [-0.2, 0) is 11.3 Å². The first-order chi connectivity index (χ1) is 14.8. The number of nitrogens with zero attached hydrogens (tertiary/aromatic N) is 4. The van der Waals surface area contributed by atoms with Gasteiger partial charge in [-0.1, -0.05) is 43.8 Å². The predicted octanol–water partition coefficient (Wildman–Crippen LogP) is 3.73. The molecule has 9 heteroatoms. The number of hydrogen-bond acceptors (Lipinski definition) is 7. The van der Waals surface area contributed by atoms with Crippen molar-refractivity contribution in [3.63, 3.8) is 0 Å². The molecule has 3 aromatic rings. The van der Waals surface area contributed by atoms with Gasteiger partial charge in [-0.3, -0.25) is 4.79 Å². The number of amides is 1. The van der Waals surface area contributed by atoms with Gasteiger partial charge in [-0.2, -0.15) is 5.10 Å². The Morgan fingerprint density at radius 1 is 1.13 bits per heavy atom. The number of para-hydroxylation sites is 1. The summed E-state index contributed by atoms with van der Waals surface area (Å²) >= 11 is 1.61. The summed E-state index contributed by atoms with van der Waals surface area (Å²) in [5.41, 5.74) is 0.754. The van der Waals surface area contributed by atoms with Gasteiger partial charge in [0.05, 0.1) is 18.1 Å². The molecular formula is C22H30N6O2S. The summed E-state index contributed by atoms with van der Waals surface area (Å²) in [6, 6.07) is 9.55. The van der Waals surface area contributed by atoms with E-state index in [1.165, 1.54) is 0 Å². The molecule has 0 saturated carbocycles. The molecule has 2 N–H and O–H groups in total. The Bertz CT molecular complexity index is 1010. The van der Waals surface area contributed by atoms with Crippen LogP contribution in [0.1, 0.15) is 34.6 Å². The monoisotopic (exact) mass is 442 g/mol. The molecule has 0 spiro atoms. The number of thioether (sulfide) groups is 1. The van der Waals surface area contributed by atoms with Crippen LogP contribution in [0.3, 0.4) is 0 Å². The number of carbonyl (C=O) groups is 1. The summed E-state index contributed by atoms with van der Waals surface area (Å²) in [7, 11) is 0. The first kappa shape index (κ1) is 22.9. The summed E-state index contributed by atoms with van der Waals surface area (Å²) < 4.78 is 7.47. The van der Waals surface area contributed by atoms with Crippen LogP contribution < -0.4 is 15.4 Å². The average molecular weight is 443 g/mol. The molecule has 0 saturated heterocycles. The summed E-state index contributed by atoms with van der Waals surface area (Å²) in [6.07, 6.45) is 1.18. The number of rotatable bonds is 10. The van der Waals surface area contributed by atoms with Crippen molar-refractivity contribution < 1.29 is 9.53 Å². The van der Waals surface area contributed by atoms with Crippen LogP contribution in [0.5, 0.6) is 5.75 Å². The molecule has 0 aliphatic rings. The Kier molecular flexibility index (Phi) is 7.73. The minimum absolute atomic E-state index is 0.173. The largest absolute Gasteiger partial charge is 0.481 e. The molecule has 0 aliphatic heterocycles. The highest BCUT2D eigenvalue weighted by atomic mass is 32.2. The predicted molar refractivity (Wildman–Crippen MR) is 125 cm³/mol. The van der Waals surface area contributed by atoms with Gasteiger partial charge in [0, 0.05) is 17.8 Å². The summed E-state index contributed by atoms with van der Waals surface area (Å²) in [6.45, 7) is 11.0. The van der Waals surface area contributed by atoms with Gasteiger partial charge in [0.25, 0.3) is 5.91 Å². The highest BCUT2D eigenvalue weighted by Gasteiger charge is 2.17. The van der Waals surface area contributed by atoms with Gasteiger partial charge in [-0.15, -0.1) is 0 Å². The highest BCUT2D eigenvalue weighted by molar-refractivity contribution is 7.99. The van der Waals surface area contributed by atoms with E-state index in [0.29, 0.717) is 29.2 Å². The summed E-state index contributed by atoms with van der Waals surface area (Å²) in [5.74, 6) is 1.27. The van der Waals surface area contributed by atoms with Gasteiger partial charge in [0.1, 0.15) is 11.6 Å². The third kappa shape index (κ3) is 6.33. The van der Waals surface area contributed by atoms with Crippen molar-refractivity contribution in [1.82, 2.24) is 25.1 Å². The molecule has 0 radical (unpaired) electrons. The highest BCUT2D eigenvalue weighted by Crippen LogP contribution is 2.26. The molecule has 2 heterocycles. The van der Waals surface area contributed by atoms with E-state index in [4.69, 9.17) is 9.72 Å². The maximum atomic E-state index is 12.4.